The third-order valence-corrected chi connectivity index (χ3v) is 5.87. The first-order valence-corrected chi connectivity index (χ1v) is 9.90. The highest BCUT2D eigenvalue weighted by Gasteiger charge is 2.39. The Kier molecular flexibility index (Phi) is 5.24. The molecule has 2 aromatic rings. The minimum atomic E-state index is -0.988. The van der Waals surface area contributed by atoms with Crippen LogP contribution >= 0.6 is 0 Å². The Bertz CT molecular complexity index is 1020. The maximum Gasteiger partial charge on any atom is 0.201 e. The van der Waals surface area contributed by atoms with Crippen LogP contribution in [0.15, 0.2) is 36.4 Å². The van der Waals surface area contributed by atoms with Gasteiger partial charge in [0.2, 0.25) is 5.82 Å². The summed E-state index contributed by atoms with van der Waals surface area (Å²) in [6.45, 7) is 3.73. The number of hydrogen-bond donors (Lipinski definition) is 0. The SMILES string of the molecule is CCCOc1ccc(C2=CCC3C(c4ccc(C)c(F)c4F)=CCC23)c(F)c1F. The van der Waals surface area contributed by atoms with Gasteiger partial charge in [0.1, 0.15) is 0 Å². The zero-order valence-electron chi connectivity index (χ0n) is 16.4. The van der Waals surface area contributed by atoms with Crippen molar-refractivity contribution in [2.45, 2.75) is 33.1 Å². The van der Waals surface area contributed by atoms with Crippen molar-refractivity contribution in [3.8, 4) is 5.75 Å². The van der Waals surface area contributed by atoms with Gasteiger partial charge in [-0.05, 0) is 66.9 Å². The van der Waals surface area contributed by atoms with Gasteiger partial charge in [0, 0.05) is 11.1 Å². The van der Waals surface area contributed by atoms with Gasteiger partial charge in [-0.15, -0.1) is 0 Å². The minimum Gasteiger partial charge on any atom is -0.490 e. The molecule has 29 heavy (non-hydrogen) atoms. The first kappa shape index (κ1) is 19.7. The minimum absolute atomic E-state index is 0.0694. The van der Waals surface area contributed by atoms with Gasteiger partial charge in [-0.1, -0.05) is 31.2 Å². The lowest BCUT2D eigenvalue weighted by molar-refractivity contribution is 0.295. The van der Waals surface area contributed by atoms with E-state index in [0.29, 0.717) is 31.4 Å². The van der Waals surface area contributed by atoms with Gasteiger partial charge in [0.15, 0.2) is 23.2 Å². The zero-order valence-corrected chi connectivity index (χ0v) is 16.4. The van der Waals surface area contributed by atoms with Crippen LogP contribution in [-0.2, 0) is 0 Å². The lowest BCUT2D eigenvalue weighted by Gasteiger charge is -2.20. The average molecular weight is 402 g/mol. The maximum atomic E-state index is 14.8. The molecule has 0 saturated carbocycles. The Morgan fingerprint density at radius 1 is 0.793 bits per heavy atom. The highest BCUT2D eigenvalue weighted by atomic mass is 19.2. The number of allylic oxidation sites excluding steroid dienone is 4. The highest BCUT2D eigenvalue weighted by molar-refractivity contribution is 5.80. The summed E-state index contributed by atoms with van der Waals surface area (Å²) in [5.74, 6) is -3.84. The zero-order chi connectivity index (χ0) is 20.7. The van der Waals surface area contributed by atoms with Crippen molar-refractivity contribution < 1.29 is 22.3 Å². The van der Waals surface area contributed by atoms with E-state index in [4.69, 9.17) is 4.74 Å². The molecule has 0 bridgehead atoms. The second kappa shape index (κ2) is 7.69. The largest absolute Gasteiger partial charge is 0.490 e. The van der Waals surface area contributed by atoms with Gasteiger partial charge >= 0.3 is 0 Å². The summed E-state index contributed by atoms with van der Waals surface area (Å²) < 4.78 is 63.0. The first-order valence-electron chi connectivity index (χ1n) is 9.90. The first-order chi connectivity index (χ1) is 13.9. The summed E-state index contributed by atoms with van der Waals surface area (Å²) in [5, 5.41) is 0. The van der Waals surface area contributed by atoms with E-state index in [2.05, 4.69) is 0 Å². The van der Waals surface area contributed by atoms with Crippen molar-refractivity contribution >= 4 is 11.1 Å². The van der Waals surface area contributed by atoms with E-state index in [0.717, 1.165) is 5.57 Å². The molecule has 4 rings (SSSR count). The van der Waals surface area contributed by atoms with Gasteiger partial charge in [-0.3, -0.25) is 0 Å². The van der Waals surface area contributed by atoms with Crippen LogP contribution < -0.4 is 4.74 Å². The molecule has 0 aromatic heterocycles. The molecule has 0 saturated heterocycles. The van der Waals surface area contributed by atoms with Crippen LogP contribution in [0.25, 0.3) is 11.1 Å². The number of ether oxygens (including phenoxy) is 1. The Hall–Kier alpha value is -2.56. The molecule has 5 heteroatoms. The molecule has 0 N–H and O–H groups in total. The number of halogens is 4. The van der Waals surface area contributed by atoms with Crippen molar-refractivity contribution in [2.75, 3.05) is 6.61 Å². The van der Waals surface area contributed by atoms with Crippen LogP contribution in [0.5, 0.6) is 5.75 Å². The van der Waals surface area contributed by atoms with E-state index in [9.17, 15) is 17.6 Å². The standard InChI is InChI=1S/C24H22F4O/c1-3-12-29-20-11-10-19(23(27)24(20)28)17-9-7-14-15(17)6-8-16(14)18-5-4-13(2)21(25)22(18)26/h4-5,8-11,14-15H,3,6-7,12H2,1-2H3. The van der Waals surface area contributed by atoms with Gasteiger partial charge in [-0.2, -0.15) is 4.39 Å². The molecule has 0 spiro atoms. The van der Waals surface area contributed by atoms with Crippen LogP contribution in [0.3, 0.4) is 0 Å². The summed E-state index contributed by atoms with van der Waals surface area (Å²) in [7, 11) is 0. The van der Waals surface area contributed by atoms with Gasteiger partial charge in [0.25, 0.3) is 0 Å². The van der Waals surface area contributed by atoms with E-state index in [1.54, 1.807) is 18.2 Å². The van der Waals surface area contributed by atoms with Crippen LogP contribution in [0.2, 0.25) is 0 Å². The third kappa shape index (κ3) is 3.26. The second-order valence-corrected chi connectivity index (χ2v) is 7.65. The Morgan fingerprint density at radius 2 is 1.34 bits per heavy atom. The molecule has 152 valence electrons. The molecule has 2 unspecified atom stereocenters. The van der Waals surface area contributed by atoms with Gasteiger partial charge < -0.3 is 4.74 Å². The summed E-state index contributed by atoms with van der Waals surface area (Å²) in [4.78, 5) is 0. The number of hydrogen-bond acceptors (Lipinski definition) is 1. The van der Waals surface area contributed by atoms with E-state index >= 15 is 0 Å². The molecule has 0 heterocycles. The predicted octanol–water partition coefficient (Wildman–Crippen LogP) is 6.85. The second-order valence-electron chi connectivity index (χ2n) is 7.65. The van der Waals surface area contributed by atoms with Crippen LogP contribution in [0.1, 0.15) is 42.9 Å². The van der Waals surface area contributed by atoms with E-state index in [-0.39, 0.29) is 34.3 Å². The van der Waals surface area contributed by atoms with Crippen molar-refractivity contribution in [3.63, 3.8) is 0 Å². The van der Waals surface area contributed by atoms with Crippen LogP contribution in [0.4, 0.5) is 17.6 Å². The molecular weight excluding hydrogens is 380 g/mol. The fraction of sp³-hybridized carbons (Fsp3) is 0.333. The van der Waals surface area contributed by atoms with Crippen LogP contribution in [0, 0.1) is 42.0 Å². The van der Waals surface area contributed by atoms with Gasteiger partial charge in [0.05, 0.1) is 6.61 Å². The third-order valence-electron chi connectivity index (χ3n) is 5.87. The smallest absolute Gasteiger partial charge is 0.201 e. The molecule has 0 aliphatic heterocycles. The quantitative estimate of drug-likeness (QED) is 0.497. The maximum absolute atomic E-state index is 14.8. The summed E-state index contributed by atoms with van der Waals surface area (Å²) in [5.41, 5.74) is 2.18. The lowest BCUT2D eigenvalue weighted by Crippen LogP contribution is -2.10. The monoisotopic (exact) mass is 402 g/mol. The molecule has 0 fully saturated rings. The van der Waals surface area contributed by atoms with Crippen molar-refractivity contribution in [3.05, 3.63) is 76.4 Å². The molecule has 2 aliphatic rings. The van der Waals surface area contributed by atoms with Crippen molar-refractivity contribution in [1.82, 2.24) is 0 Å². The summed E-state index contributed by atoms with van der Waals surface area (Å²) in [6.07, 6.45) is 5.63. The summed E-state index contributed by atoms with van der Waals surface area (Å²) >= 11 is 0. The van der Waals surface area contributed by atoms with E-state index in [1.165, 1.54) is 13.0 Å². The number of benzene rings is 2. The molecule has 2 aliphatic carbocycles. The lowest BCUT2D eigenvalue weighted by atomic mass is 9.85. The average Bonchev–Trinajstić information content (AvgIpc) is 3.30. The fourth-order valence-electron chi connectivity index (χ4n) is 4.39. The number of rotatable bonds is 5. The van der Waals surface area contributed by atoms with E-state index in [1.807, 2.05) is 19.1 Å². The molecular formula is C24H22F4O. The Labute approximate surface area is 167 Å². The predicted molar refractivity (Wildman–Crippen MR) is 105 cm³/mol. The Balaban J connectivity index is 1.61. The van der Waals surface area contributed by atoms with Crippen LogP contribution in [-0.4, -0.2) is 6.61 Å². The topological polar surface area (TPSA) is 9.23 Å². The van der Waals surface area contributed by atoms with E-state index < -0.39 is 23.3 Å². The van der Waals surface area contributed by atoms with Gasteiger partial charge in [-0.25, -0.2) is 13.2 Å². The van der Waals surface area contributed by atoms with Crippen molar-refractivity contribution in [1.29, 1.82) is 0 Å². The highest BCUT2D eigenvalue weighted by Crippen LogP contribution is 2.52. The normalized spacial score (nSPS) is 20.5. The summed E-state index contributed by atoms with van der Waals surface area (Å²) in [6, 6.07) is 6.16. The number of fused-ring (bicyclic) bond motifs is 1. The molecule has 1 nitrogen and oxygen atoms in total. The fourth-order valence-corrected chi connectivity index (χ4v) is 4.39. The Morgan fingerprint density at radius 3 is 1.93 bits per heavy atom. The molecule has 2 aromatic carbocycles. The molecule has 0 amide bonds. The molecule has 2 atom stereocenters. The van der Waals surface area contributed by atoms with Crippen molar-refractivity contribution in [2.24, 2.45) is 11.8 Å². The molecule has 0 radical (unpaired) electrons. The number of aryl methyl sites for hydroxylation is 1.